The van der Waals surface area contributed by atoms with Crippen molar-refractivity contribution in [3.05, 3.63) is 83.9 Å². The van der Waals surface area contributed by atoms with E-state index in [-0.39, 0.29) is 5.91 Å². The molecule has 0 saturated carbocycles. The van der Waals surface area contributed by atoms with E-state index in [1.807, 2.05) is 47.2 Å². The number of benzene rings is 2. The lowest BCUT2D eigenvalue weighted by molar-refractivity contribution is 0.102. The molecule has 0 radical (unpaired) electrons. The second-order valence-corrected chi connectivity index (χ2v) is 7.07. The molecular formula is C22H24N4O. The van der Waals surface area contributed by atoms with E-state index >= 15 is 0 Å². The van der Waals surface area contributed by atoms with Crippen molar-refractivity contribution >= 4 is 11.6 Å². The van der Waals surface area contributed by atoms with Crippen molar-refractivity contribution in [3.63, 3.8) is 0 Å². The van der Waals surface area contributed by atoms with Crippen LogP contribution >= 0.6 is 0 Å². The zero-order chi connectivity index (χ0) is 18.5. The van der Waals surface area contributed by atoms with Crippen molar-refractivity contribution in [3.8, 4) is 0 Å². The summed E-state index contributed by atoms with van der Waals surface area (Å²) in [7, 11) is 0. The van der Waals surface area contributed by atoms with Crippen LogP contribution in [-0.2, 0) is 13.1 Å². The van der Waals surface area contributed by atoms with Gasteiger partial charge in [-0.1, -0.05) is 24.3 Å². The minimum absolute atomic E-state index is 0.0810. The third-order valence-electron chi connectivity index (χ3n) is 4.93. The number of imidazole rings is 1. The van der Waals surface area contributed by atoms with Gasteiger partial charge in [0.15, 0.2) is 0 Å². The monoisotopic (exact) mass is 360 g/mol. The lowest BCUT2D eigenvalue weighted by Gasteiger charge is -2.14. The van der Waals surface area contributed by atoms with Gasteiger partial charge in [0.25, 0.3) is 5.91 Å². The van der Waals surface area contributed by atoms with E-state index in [0.29, 0.717) is 5.56 Å². The van der Waals surface area contributed by atoms with Crippen LogP contribution in [0.1, 0.15) is 34.3 Å². The maximum atomic E-state index is 12.6. The van der Waals surface area contributed by atoms with Gasteiger partial charge in [0, 0.05) is 36.7 Å². The first-order valence-corrected chi connectivity index (χ1v) is 9.44. The van der Waals surface area contributed by atoms with Crippen LogP contribution < -0.4 is 5.32 Å². The van der Waals surface area contributed by atoms with Crippen LogP contribution in [0.2, 0.25) is 0 Å². The fraction of sp³-hybridized carbons (Fsp3) is 0.273. The number of anilines is 1. The number of hydrogen-bond acceptors (Lipinski definition) is 3. The zero-order valence-electron chi connectivity index (χ0n) is 15.3. The summed E-state index contributed by atoms with van der Waals surface area (Å²) in [6, 6.07) is 15.9. The van der Waals surface area contributed by atoms with Crippen molar-refractivity contribution in [2.75, 3.05) is 18.4 Å². The summed E-state index contributed by atoms with van der Waals surface area (Å²) >= 11 is 0. The van der Waals surface area contributed by atoms with Crippen molar-refractivity contribution in [2.24, 2.45) is 0 Å². The molecule has 1 aliphatic rings. The summed E-state index contributed by atoms with van der Waals surface area (Å²) in [5.74, 6) is -0.0810. The molecule has 1 saturated heterocycles. The highest BCUT2D eigenvalue weighted by atomic mass is 16.1. The lowest BCUT2D eigenvalue weighted by Crippen LogP contribution is -2.18. The minimum Gasteiger partial charge on any atom is -0.333 e. The second kappa shape index (κ2) is 8.18. The first-order valence-electron chi connectivity index (χ1n) is 9.44. The van der Waals surface area contributed by atoms with Crippen molar-refractivity contribution < 1.29 is 4.79 Å². The molecule has 0 atom stereocenters. The van der Waals surface area contributed by atoms with Crippen LogP contribution in [0.4, 0.5) is 5.69 Å². The molecule has 27 heavy (non-hydrogen) atoms. The highest BCUT2D eigenvalue weighted by molar-refractivity contribution is 6.04. The zero-order valence-corrected chi connectivity index (χ0v) is 15.3. The fourth-order valence-electron chi connectivity index (χ4n) is 3.50. The second-order valence-electron chi connectivity index (χ2n) is 7.07. The predicted molar refractivity (Wildman–Crippen MR) is 107 cm³/mol. The van der Waals surface area contributed by atoms with Crippen LogP contribution in [0.5, 0.6) is 0 Å². The summed E-state index contributed by atoms with van der Waals surface area (Å²) in [6.45, 7) is 4.06. The number of aromatic nitrogens is 2. The molecule has 1 N–H and O–H groups in total. The molecule has 0 spiro atoms. The number of nitrogens with zero attached hydrogens (tertiary/aromatic N) is 3. The molecule has 1 aliphatic heterocycles. The van der Waals surface area contributed by atoms with Crippen molar-refractivity contribution in [2.45, 2.75) is 25.9 Å². The first-order chi connectivity index (χ1) is 13.3. The Morgan fingerprint density at radius 1 is 1.00 bits per heavy atom. The molecule has 5 heteroatoms. The minimum atomic E-state index is -0.0810. The van der Waals surface area contributed by atoms with E-state index in [4.69, 9.17) is 0 Å². The SMILES string of the molecule is O=C(Nc1cccc(Cn2ccnc2)c1)c1ccc(CN2CCCC2)cc1. The van der Waals surface area contributed by atoms with E-state index in [2.05, 4.69) is 27.3 Å². The van der Waals surface area contributed by atoms with Gasteiger partial charge in [-0.25, -0.2) is 4.98 Å². The molecule has 1 amide bonds. The maximum absolute atomic E-state index is 12.6. The average Bonchev–Trinajstić information content (AvgIpc) is 3.37. The standard InChI is InChI=1S/C22H24N4O/c27-22(20-8-6-18(7-9-20)15-25-11-1-2-12-25)24-21-5-3-4-19(14-21)16-26-13-10-23-17-26/h3-10,13-14,17H,1-2,11-12,15-16H2,(H,24,27). The molecule has 0 aliphatic carbocycles. The third kappa shape index (κ3) is 4.63. The van der Waals surface area contributed by atoms with Crippen LogP contribution in [-0.4, -0.2) is 33.4 Å². The van der Waals surface area contributed by atoms with Gasteiger partial charge in [-0.3, -0.25) is 9.69 Å². The van der Waals surface area contributed by atoms with Gasteiger partial charge < -0.3 is 9.88 Å². The van der Waals surface area contributed by atoms with Gasteiger partial charge >= 0.3 is 0 Å². The molecule has 4 rings (SSSR count). The number of carbonyl (C=O) groups excluding carboxylic acids is 1. The lowest BCUT2D eigenvalue weighted by atomic mass is 10.1. The summed E-state index contributed by atoms with van der Waals surface area (Å²) in [4.78, 5) is 19.1. The van der Waals surface area contributed by atoms with Gasteiger partial charge in [-0.05, 0) is 61.3 Å². The fourth-order valence-corrected chi connectivity index (χ4v) is 3.50. The Balaban J connectivity index is 1.38. The quantitative estimate of drug-likeness (QED) is 0.728. The van der Waals surface area contributed by atoms with E-state index in [0.717, 1.165) is 24.3 Å². The Hall–Kier alpha value is -2.92. The molecule has 2 heterocycles. The normalized spacial score (nSPS) is 14.4. The molecule has 3 aromatic rings. The molecule has 2 aromatic carbocycles. The molecule has 0 unspecified atom stereocenters. The molecule has 138 valence electrons. The number of likely N-dealkylation sites (tertiary alicyclic amines) is 1. The van der Waals surface area contributed by atoms with Crippen LogP contribution in [0, 0.1) is 0 Å². The summed E-state index contributed by atoms with van der Waals surface area (Å²) in [5, 5.41) is 3.00. The molecule has 0 bridgehead atoms. The van der Waals surface area contributed by atoms with Gasteiger partial charge in [-0.15, -0.1) is 0 Å². The van der Waals surface area contributed by atoms with Gasteiger partial charge in [0.05, 0.1) is 6.33 Å². The van der Waals surface area contributed by atoms with E-state index in [9.17, 15) is 4.79 Å². The Bertz CT molecular complexity index is 881. The number of nitrogens with one attached hydrogen (secondary N) is 1. The number of hydrogen-bond donors (Lipinski definition) is 1. The van der Waals surface area contributed by atoms with Gasteiger partial charge in [-0.2, -0.15) is 0 Å². The number of carbonyl (C=O) groups is 1. The molecule has 5 nitrogen and oxygen atoms in total. The topological polar surface area (TPSA) is 50.2 Å². The van der Waals surface area contributed by atoms with Crippen LogP contribution in [0.3, 0.4) is 0 Å². The maximum Gasteiger partial charge on any atom is 0.255 e. The Kier molecular flexibility index (Phi) is 5.30. The van der Waals surface area contributed by atoms with E-state index < -0.39 is 0 Å². The van der Waals surface area contributed by atoms with Crippen molar-refractivity contribution in [1.82, 2.24) is 14.5 Å². The van der Waals surface area contributed by atoms with E-state index in [1.165, 1.54) is 31.5 Å². The van der Waals surface area contributed by atoms with Gasteiger partial charge in [0.2, 0.25) is 0 Å². The summed E-state index contributed by atoms with van der Waals surface area (Å²) < 4.78 is 2.00. The Morgan fingerprint density at radius 3 is 2.56 bits per heavy atom. The number of rotatable bonds is 6. The largest absolute Gasteiger partial charge is 0.333 e. The Labute approximate surface area is 159 Å². The molecule has 1 fully saturated rings. The molecule has 1 aromatic heterocycles. The predicted octanol–water partition coefficient (Wildman–Crippen LogP) is 3.78. The average molecular weight is 360 g/mol. The summed E-state index contributed by atoms with van der Waals surface area (Å²) in [5.41, 5.74) is 3.86. The highest BCUT2D eigenvalue weighted by Gasteiger charge is 2.12. The van der Waals surface area contributed by atoms with Crippen LogP contribution in [0.25, 0.3) is 0 Å². The van der Waals surface area contributed by atoms with E-state index in [1.54, 1.807) is 12.5 Å². The highest BCUT2D eigenvalue weighted by Crippen LogP contribution is 2.16. The third-order valence-corrected chi connectivity index (χ3v) is 4.93. The van der Waals surface area contributed by atoms with Crippen molar-refractivity contribution in [1.29, 1.82) is 0 Å². The van der Waals surface area contributed by atoms with Gasteiger partial charge in [0.1, 0.15) is 0 Å². The first kappa shape index (κ1) is 17.5. The number of amides is 1. The smallest absolute Gasteiger partial charge is 0.255 e. The Morgan fingerprint density at radius 2 is 1.81 bits per heavy atom. The molecular weight excluding hydrogens is 336 g/mol. The van der Waals surface area contributed by atoms with Crippen LogP contribution in [0.15, 0.2) is 67.3 Å². The summed E-state index contributed by atoms with van der Waals surface area (Å²) in [6.07, 6.45) is 8.06.